The molecule has 2 heterocycles. The minimum Gasteiger partial charge on any atom is -0.470 e. The van der Waals surface area contributed by atoms with Crippen molar-refractivity contribution < 1.29 is 13.9 Å². The van der Waals surface area contributed by atoms with Crippen molar-refractivity contribution in [1.29, 1.82) is 0 Å². The Balaban J connectivity index is 2.04. The van der Waals surface area contributed by atoms with Crippen LogP contribution in [0.1, 0.15) is 6.42 Å². The van der Waals surface area contributed by atoms with Gasteiger partial charge in [0.05, 0.1) is 13.2 Å². The van der Waals surface area contributed by atoms with Crippen molar-refractivity contribution in [2.75, 3.05) is 13.2 Å². The molecule has 0 aromatic carbocycles. The zero-order chi connectivity index (χ0) is 9.10. The molecule has 0 amide bonds. The Kier molecular flexibility index (Phi) is 2.40. The quantitative estimate of drug-likeness (QED) is 0.694. The standard InChI is InChI=1S/C9H10FNO2/c10-8-2-1-4-11-9(8)13-7-3-5-12-6-7/h1-2,4,7H,3,5-6H2. The molecule has 0 N–H and O–H groups in total. The molecular weight excluding hydrogens is 173 g/mol. The molecule has 1 aliphatic rings. The first kappa shape index (κ1) is 8.44. The van der Waals surface area contributed by atoms with Gasteiger partial charge in [-0.25, -0.2) is 9.37 Å². The Morgan fingerprint density at radius 1 is 1.62 bits per heavy atom. The van der Waals surface area contributed by atoms with E-state index >= 15 is 0 Å². The molecule has 3 nitrogen and oxygen atoms in total. The van der Waals surface area contributed by atoms with E-state index in [-0.39, 0.29) is 12.0 Å². The maximum Gasteiger partial charge on any atom is 0.250 e. The van der Waals surface area contributed by atoms with E-state index in [2.05, 4.69) is 4.98 Å². The van der Waals surface area contributed by atoms with Crippen LogP contribution < -0.4 is 4.74 Å². The molecule has 1 fully saturated rings. The highest BCUT2D eigenvalue weighted by atomic mass is 19.1. The highest BCUT2D eigenvalue weighted by Gasteiger charge is 2.18. The zero-order valence-corrected chi connectivity index (χ0v) is 7.07. The number of pyridine rings is 1. The second kappa shape index (κ2) is 3.70. The molecule has 0 radical (unpaired) electrons. The molecule has 1 aromatic heterocycles. The summed E-state index contributed by atoms with van der Waals surface area (Å²) < 4.78 is 23.4. The number of hydrogen-bond acceptors (Lipinski definition) is 3. The molecule has 13 heavy (non-hydrogen) atoms. The predicted molar refractivity (Wildman–Crippen MR) is 44.0 cm³/mol. The SMILES string of the molecule is Fc1cccnc1OC1CCOC1. The van der Waals surface area contributed by atoms with Crippen LogP contribution in [0.25, 0.3) is 0 Å². The highest BCUT2D eigenvalue weighted by molar-refractivity contribution is 5.13. The van der Waals surface area contributed by atoms with Crippen molar-refractivity contribution in [3.63, 3.8) is 0 Å². The normalized spacial score (nSPS) is 21.8. The van der Waals surface area contributed by atoms with Gasteiger partial charge in [-0.2, -0.15) is 0 Å². The van der Waals surface area contributed by atoms with Crippen molar-refractivity contribution in [3.8, 4) is 5.88 Å². The number of halogens is 1. The Morgan fingerprint density at radius 3 is 3.23 bits per heavy atom. The number of nitrogens with zero attached hydrogens (tertiary/aromatic N) is 1. The number of ether oxygens (including phenoxy) is 2. The molecule has 4 heteroatoms. The summed E-state index contributed by atoms with van der Waals surface area (Å²) in [6.45, 7) is 1.20. The second-order valence-electron chi connectivity index (χ2n) is 2.89. The number of rotatable bonds is 2. The Labute approximate surface area is 75.5 Å². The molecular formula is C9H10FNO2. The fourth-order valence-corrected chi connectivity index (χ4v) is 1.22. The van der Waals surface area contributed by atoms with Crippen LogP contribution in [-0.4, -0.2) is 24.3 Å². The van der Waals surface area contributed by atoms with Crippen LogP contribution in [0, 0.1) is 5.82 Å². The lowest BCUT2D eigenvalue weighted by molar-refractivity contribution is 0.134. The first-order chi connectivity index (χ1) is 6.36. The molecule has 0 bridgehead atoms. The summed E-state index contributed by atoms with van der Waals surface area (Å²) in [5, 5.41) is 0. The maximum atomic E-state index is 13.0. The lowest BCUT2D eigenvalue weighted by atomic mass is 10.3. The molecule has 1 aromatic rings. The Bertz CT molecular complexity index is 287. The van der Waals surface area contributed by atoms with Gasteiger partial charge in [0.15, 0.2) is 5.82 Å². The fraction of sp³-hybridized carbons (Fsp3) is 0.444. The second-order valence-corrected chi connectivity index (χ2v) is 2.89. The van der Waals surface area contributed by atoms with E-state index in [1.165, 1.54) is 18.3 Å². The van der Waals surface area contributed by atoms with Gasteiger partial charge in [0.2, 0.25) is 0 Å². The third kappa shape index (κ3) is 1.95. The lowest BCUT2D eigenvalue weighted by Gasteiger charge is -2.10. The summed E-state index contributed by atoms with van der Waals surface area (Å²) in [7, 11) is 0. The summed E-state index contributed by atoms with van der Waals surface area (Å²) in [5.41, 5.74) is 0. The largest absolute Gasteiger partial charge is 0.470 e. The van der Waals surface area contributed by atoms with Gasteiger partial charge < -0.3 is 9.47 Å². The van der Waals surface area contributed by atoms with Crippen LogP contribution in [0.15, 0.2) is 18.3 Å². The molecule has 0 spiro atoms. The molecule has 1 aliphatic heterocycles. The van der Waals surface area contributed by atoms with Gasteiger partial charge in [0, 0.05) is 12.6 Å². The van der Waals surface area contributed by atoms with Crippen LogP contribution in [-0.2, 0) is 4.74 Å². The first-order valence-electron chi connectivity index (χ1n) is 4.21. The average molecular weight is 183 g/mol. The van der Waals surface area contributed by atoms with Gasteiger partial charge in [-0.15, -0.1) is 0 Å². The summed E-state index contributed by atoms with van der Waals surface area (Å²) in [4.78, 5) is 3.79. The summed E-state index contributed by atoms with van der Waals surface area (Å²) in [6.07, 6.45) is 2.26. The molecule has 1 atom stereocenters. The van der Waals surface area contributed by atoms with Crippen LogP contribution >= 0.6 is 0 Å². The van der Waals surface area contributed by atoms with Crippen molar-refractivity contribution in [2.45, 2.75) is 12.5 Å². The predicted octanol–water partition coefficient (Wildman–Crippen LogP) is 1.39. The van der Waals surface area contributed by atoms with Crippen molar-refractivity contribution in [2.24, 2.45) is 0 Å². The highest BCUT2D eigenvalue weighted by Crippen LogP contribution is 2.16. The topological polar surface area (TPSA) is 31.4 Å². The van der Waals surface area contributed by atoms with E-state index in [0.29, 0.717) is 13.2 Å². The molecule has 0 aliphatic carbocycles. The Morgan fingerprint density at radius 2 is 2.54 bits per heavy atom. The van der Waals surface area contributed by atoms with Gasteiger partial charge in [-0.05, 0) is 12.1 Å². The maximum absolute atomic E-state index is 13.0. The minimum atomic E-state index is -0.422. The third-order valence-corrected chi connectivity index (χ3v) is 1.89. The van der Waals surface area contributed by atoms with Gasteiger partial charge in [-0.3, -0.25) is 0 Å². The number of aromatic nitrogens is 1. The summed E-state index contributed by atoms with van der Waals surface area (Å²) in [6, 6.07) is 2.87. The van der Waals surface area contributed by atoms with E-state index < -0.39 is 5.82 Å². The molecule has 0 saturated carbocycles. The van der Waals surface area contributed by atoms with Crippen molar-refractivity contribution in [3.05, 3.63) is 24.1 Å². The third-order valence-electron chi connectivity index (χ3n) is 1.89. The van der Waals surface area contributed by atoms with Crippen LogP contribution in [0.4, 0.5) is 4.39 Å². The zero-order valence-electron chi connectivity index (χ0n) is 7.07. The fourth-order valence-electron chi connectivity index (χ4n) is 1.22. The van der Waals surface area contributed by atoms with E-state index in [4.69, 9.17) is 9.47 Å². The van der Waals surface area contributed by atoms with E-state index in [0.717, 1.165) is 6.42 Å². The molecule has 1 saturated heterocycles. The number of hydrogen-bond donors (Lipinski definition) is 0. The first-order valence-corrected chi connectivity index (χ1v) is 4.21. The van der Waals surface area contributed by atoms with Gasteiger partial charge in [0.25, 0.3) is 5.88 Å². The Hall–Kier alpha value is -1.16. The lowest BCUT2D eigenvalue weighted by Crippen LogP contribution is -2.17. The molecule has 70 valence electrons. The van der Waals surface area contributed by atoms with Crippen LogP contribution in [0.3, 0.4) is 0 Å². The van der Waals surface area contributed by atoms with E-state index in [1.807, 2.05) is 0 Å². The van der Waals surface area contributed by atoms with Crippen molar-refractivity contribution >= 4 is 0 Å². The van der Waals surface area contributed by atoms with Gasteiger partial charge in [0.1, 0.15) is 6.10 Å². The van der Waals surface area contributed by atoms with Crippen LogP contribution in [0.5, 0.6) is 5.88 Å². The van der Waals surface area contributed by atoms with Gasteiger partial charge >= 0.3 is 0 Å². The van der Waals surface area contributed by atoms with Gasteiger partial charge in [-0.1, -0.05) is 0 Å². The minimum absolute atomic E-state index is 0.0515. The summed E-state index contributed by atoms with van der Waals surface area (Å²) >= 11 is 0. The monoisotopic (exact) mass is 183 g/mol. The molecule has 2 rings (SSSR count). The van der Waals surface area contributed by atoms with E-state index in [1.54, 1.807) is 0 Å². The van der Waals surface area contributed by atoms with Crippen molar-refractivity contribution in [1.82, 2.24) is 4.98 Å². The van der Waals surface area contributed by atoms with E-state index in [9.17, 15) is 4.39 Å². The summed E-state index contributed by atoms with van der Waals surface area (Å²) in [5.74, 6) is -0.354. The molecule has 1 unspecified atom stereocenters. The van der Waals surface area contributed by atoms with Crippen LogP contribution in [0.2, 0.25) is 0 Å². The average Bonchev–Trinajstić information content (AvgIpc) is 2.61. The smallest absolute Gasteiger partial charge is 0.250 e.